The highest BCUT2D eigenvalue weighted by molar-refractivity contribution is 5.00. The molecule has 0 unspecified atom stereocenters. The Morgan fingerprint density at radius 1 is 1.55 bits per heavy atom. The molecule has 0 aromatic carbocycles. The molecule has 1 aromatic heterocycles. The lowest BCUT2D eigenvalue weighted by atomic mass is 10.4. The van der Waals surface area contributed by atoms with Gasteiger partial charge < -0.3 is 0 Å². The second-order valence-electron chi connectivity index (χ2n) is 2.07. The maximum absolute atomic E-state index is 11.9. The molecule has 0 saturated carbocycles. The number of nitrogens with one attached hydrogen (secondary N) is 1. The molecule has 1 aromatic rings. The van der Waals surface area contributed by atoms with E-state index in [2.05, 4.69) is 5.10 Å². The second-order valence-corrected chi connectivity index (χ2v) is 2.07. The smallest absolute Gasteiger partial charge is 0.282 e. The van der Waals surface area contributed by atoms with E-state index in [1.807, 2.05) is 0 Å². The van der Waals surface area contributed by atoms with Gasteiger partial charge in [0.1, 0.15) is 11.2 Å². The molecule has 0 amide bonds. The monoisotopic (exact) mass is 159 g/mol. The highest BCUT2D eigenvalue weighted by Gasteiger charge is 2.07. The first kappa shape index (κ1) is 7.84. The fourth-order valence-corrected chi connectivity index (χ4v) is 0.649. The number of rotatable bonds is 1. The zero-order valence-corrected chi connectivity index (χ0v) is 5.88. The van der Waals surface area contributed by atoms with E-state index in [0.29, 0.717) is 0 Å². The number of halogens is 2. The summed E-state index contributed by atoms with van der Waals surface area (Å²) in [5.41, 5.74) is -0.196. The van der Waals surface area contributed by atoms with Crippen LogP contribution in [0.3, 0.4) is 0 Å². The van der Waals surface area contributed by atoms with Crippen LogP contribution in [-0.4, -0.2) is 9.78 Å². The van der Waals surface area contributed by atoms with Gasteiger partial charge in [0.2, 0.25) is 0 Å². The van der Waals surface area contributed by atoms with Crippen LogP contribution in [0.1, 0.15) is 12.1 Å². The molecular weight excluding hydrogens is 152 g/mol. The van der Waals surface area contributed by atoms with Crippen molar-refractivity contribution in [3.05, 3.63) is 23.3 Å². The van der Waals surface area contributed by atoms with Crippen molar-refractivity contribution >= 4 is 0 Å². The standard InChI is InChI=1S/C6H7F2N3/c1-11-5(9)3-2-4(10-11)6(7)8/h2-3,6,9H,1H3. The highest BCUT2D eigenvalue weighted by Crippen LogP contribution is 2.12. The Kier molecular flexibility index (Phi) is 1.98. The van der Waals surface area contributed by atoms with E-state index in [9.17, 15) is 8.78 Å². The lowest BCUT2D eigenvalue weighted by Crippen LogP contribution is -2.19. The molecular formula is C6H7F2N3. The Morgan fingerprint density at radius 3 is 2.64 bits per heavy atom. The van der Waals surface area contributed by atoms with Crippen molar-refractivity contribution in [2.24, 2.45) is 7.05 Å². The number of aromatic nitrogens is 2. The van der Waals surface area contributed by atoms with E-state index in [0.717, 1.165) is 10.7 Å². The van der Waals surface area contributed by atoms with Crippen LogP contribution in [0.2, 0.25) is 0 Å². The number of hydrogen-bond donors (Lipinski definition) is 1. The summed E-state index contributed by atoms with van der Waals surface area (Å²) >= 11 is 0. The molecule has 0 aliphatic heterocycles. The first-order valence-electron chi connectivity index (χ1n) is 2.98. The third-order valence-corrected chi connectivity index (χ3v) is 1.25. The van der Waals surface area contributed by atoms with Crippen LogP contribution in [0, 0.1) is 5.41 Å². The zero-order valence-electron chi connectivity index (χ0n) is 5.88. The molecule has 0 atom stereocenters. The first-order chi connectivity index (χ1) is 5.11. The van der Waals surface area contributed by atoms with Crippen LogP contribution >= 0.6 is 0 Å². The van der Waals surface area contributed by atoms with Gasteiger partial charge in [-0.25, -0.2) is 8.78 Å². The summed E-state index contributed by atoms with van der Waals surface area (Å²) in [7, 11) is 1.45. The largest absolute Gasteiger partial charge is 0.283 e. The van der Waals surface area contributed by atoms with E-state index in [4.69, 9.17) is 5.41 Å². The Balaban J connectivity index is 3.15. The highest BCUT2D eigenvalue weighted by atomic mass is 19.3. The molecule has 0 aliphatic rings. The normalized spacial score (nSPS) is 10.5. The van der Waals surface area contributed by atoms with Gasteiger partial charge >= 0.3 is 0 Å². The summed E-state index contributed by atoms with van der Waals surface area (Å²) in [5.74, 6) is 0. The van der Waals surface area contributed by atoms with E-state index >= 15 is 0 Å². The van der Waals surface area contributed by atoms with Crippen molar-refractivity contribution in [2.75, 3.05) is 0 Å². The molecule has 0 spiro atoms. The molecule has 11 heavy (non-hydrogen) atoms. The fraction of sp³-hybridized carbons (Fsp3) is 0.333. The Morgan fingerprint density at radius 2 is 2.18 bits per heavy atom. The summed E-state index contributed by atoms with van der Waals surface area (Å²) in [4.78, 5) is 0. The number of hydrogen-bond acceptors (Lipinski definition) is 2. The van der Waals surface area contributed by atoms with Gasteiger partial charge in [-0.3, -0.25) is 10.1 Å². The minimum absolute atomic E-state index is 0.106. The van der Waals surface area contributed by atoms with E-state index in [1.165, 1.54) is 13.1 Å². The third kappa shape index (κ3) is 1.60. The molecule has 1 heterocycles. The van der Waals surface area contributed by atoms with E-state index in [-0.39, 0.29) is 11.2 Å². The average Bonchev–Trinajstić information content (AvgIpc) is 1.94. The minimum Gasteiger partial charge on any atom is -0.283 e. The van der Waals surface area contributed by atoms with E-state index in [1.54, 1.807) is 0 Å². The van der Waals surface area contributed by atoms with Crippen molar-refractivity contribution in [1.29, 1.82) is 5.41 Å². The molecule has 0 bridgehead atoms. The van der Waals surface area contributed by atoms with Gasteiger partial charge in [0.25, 0.3) is 6.43 Å². The quantitative estimate of drug-likeness (QED) is 0.648. The van der Waals surface area contributed by atoms with Crippen molar-refractivity contribution in [3.8, 4) is 0 Å². The third-order valence-electron chi connectivity index (χ3n) is 1.25. The van der Waals surface area contributed by atoms with Crippen molar-refractivity contribution in [3.63, 3.8) is 0 Å². The molecule has 5 heteroatoms. The van der Waals surface area contributed by atoms with Crippen LogP contribution in [0.5, 0.6) is 0 Å². The fourth-order valence-electron chi connectivity index (χ4n) is 0.649. The lowest BCUT2D eigenvalue weighted by Gasteiger charge is -2.00. The van der Waals surface area contributed by atoms with Crippen LogP contribution < -0.4 is 5.49 Å². The van der Waals surface area contributed by atoms with Gasteiger partial charge in [0.05, 0.1) is 0 Å². The predicted octanol–water partition coefficient (Wildman–Crippen LogP) is 0.837. The van der Waals surface area contributed by atoms with Crippen LogP contribution in [0.15, 0.2) is 12.1 Å². The van der Waals surface area contributed by atoms with Gasteiger partial charge in [-0.15, -0.1) is 0 Å². The summed E-state index contributed by atoms with van der Waals surface area (Å²) < 4.78 is 25.0. The lowest BCUT2D eigenvalue weighted by molar-refractivity contribution is 0.143. The minimum atomic E-state index is -2.57. The van der Waals surface area contributed by atoms with Crippen LogP contribution in [0.4, 0.5) is 8.78 Å². The van der Waals surface area contributed by atoms with Crippen LogP contribution in [0.25, 0.3) is 0 Å². The van der Waals surface area contributed by atoms with Gasteiger partial charge in [-0.2, -0.15) is 5.10 Å². The molecule has 1 N–H and O–H groups in total. The van der Waals surface area contributed by atoms with Gasteiger partial charge in [-0.05, 0) is 12.1 Å². The Bertz CT molecular complexity index is 305. The predicted molar refractivity (Wildman–Crippen MR) is 34.0 cm³/mol. The number of alkyl halides is 2. The molecule has 1 rings (SSSR count). The second kappa shape index (κ2) is 2.77. The van der Waals surface area contributed by atoms with Gasteiger partial charge in [0.15, 0.2) is 0 Å². The Hall–Kier alpha value is -1.26. The van der Waals surface area contributed by atoms with Crippen molar-refractivity contribution < 1.29 is 8.78 Å². The summed E-state index contributed by atoms with van der Waals surface area (Å²) in [5, 5.41) is 10.6. The molecule has 60 valence electrons. The molecule has 0 radical (unpaired) electrons. The molecule has 0 saturated heterocycles. The van der Waals surface area contributed by atoms with E-state index < -0.39 is 6.43 Å². The first-order valence-corrected chi connectivity index (χ1v) is 2.98. The maximum Gasteiger partial charge on any atom is 0.282 e. The number of nitrogens with zero attached hydrogens (tertiary/aromatic N) is 2. The summed E-state index contributed by atoms with van der Waals surface area (Å²) in [6.07, 6.45) is -2.57. The zero-order chi connectivity index (χ0) is 8.43. The van der Waals surface area contributed by atoms with Crippen molar-refractivity contribution in [2.45, 2.75) is 6.43 Å². The van der Waals surface area contributed by atoms with Crippen molar-refractivity contribution in [1.82, 2.24) is 9.78 Å². The van der Waals surface area contributed by atoms with Gasteiger partial charge in [-0.1, -0.05) is 0 Å². The summed E-state index contributed by atoms with van der Waals surface area (Å²) in [6.45, 7) is 0. The number of aryl methyl sites for hydroxylation is 1. The molecule has 0 fully saturated rings. The van der Waals surface area contributed by atoms with Gasteiger partial charge in [0, 0.05) is 7.05 Å². The Labute approximate surface area is 61.8 Å². The summed E-state index contributed by atoms with van der Waals surface area (Å²) in [6, 6.07) is 2.43. The SMILES string of the molecule is Cn1nc(C(F)F)ccc1=N. The average molecular weight is 159 g/mol. The topological polar surface area (TPSA) is 41.7 Å². The van der Waals surface area contributed by atoms with Crippen LogP contribution in [-0.2, 0) is 7.05 Å². The molecule has 3 nitrogen and oxygen atoms in total. The molecule has 0 aliphatic carbocycles. The maximum atomic E-state index is 11.9.